The predicted octanol–water partition coefficient (Wildman–Crippen LogP) is 1.68. The van der Waals surface area contributed by atoms with E-state index in [9.17, 15) is 10.1 Å². The van der Waals surface area contributed by atoms with Gasteiger partial charge in [-0.1, -0.05) is 0 Å². The first-order valence-corrected chi connectivity index (χ1v) is 6.62. The first-order chi connectivity index (χ1) is 9.75. The van der Waals surface area contributed by atoms with Crippen LogP contribution in [0.1, 0.15) is 19.3 Å². The molecule has 8 heteroatoms. The third kappa shape index (κ3) is 2.42. The van der Waals surface area contributed by atoms with Crippen molar-refractivity contribution >= 4 is 22.4 Å². The Balaban J connectivity index is 1.90. The number of benzene rings is 1. The molecule has 0 amide bonds. The molecular weight excluding hydrogens is 262 g/mol. The minimum absolute atomic E-state index is 0.0886. The summed E-state index contributed by atoms with van der Waals surface area (Å²) in [6, 6.07) is 3.43. The Kier molecular flexibility index (Phi) is 3.46. The lowest BCUT2D eigenvalue weighted by Crippen LogP contribution is -2.21. The summed E-state index contributed by atoms with van der Waals surface area (Å²) in [7, 11) is 0. The molecule has 2 heterocycles. The van der Waals surface area contributed by atoms with Gasteiger partial charge in [0.15, 0.2) is 5.52 Å². The van der Waals surface area contributed by atoms with Gasteiger partial charge in [-0.2, -0.15) is 0 Å². The Morgan fingerprint density at radius 1 is 1.30 bits per heavy atom. The molecule has 1 aromatic carbocycles. The summed E-state index contributed by atoms with van der Waals surface area (Å²) >= 11 is 0. The van der Waals surface area contributed by atoms with E-state index >= 15 is 0 Å². The molecule has 1 aromatic heterocycles. The van der Waals surface area contributed by atoms with E-state index in [1.54, 1.807) is 6.07 Å². The van der Waals surface area contributed by atoms with E-state index < -0.39 is 4.92 Å². The number of hydrogen-bond acceptors (Lipinski definition) is 7. The number of aromatic nitrogens is 2. The fourth-order valence-electron chi connectivity index (χ4n) is 2.50. The highest BCUT2D eigenvalue weighted by Crippen LogP contribution is 2.29. The molecule has 3 rings (SSSR count). The normalized spacial score (nSPS) is 19.7. The Labute approximate surface area is 114 Å². The number of nitro benzene ring substituents is 1. The summed E-state index contributed by atoms with van der Waals surface area (Å²) in [6.45, 7) is 1.99. The van der Waals surface area contributed by atoms with E-state index in [0.717, 1.165) is 38.0 Å². The fraction of sp³-hybridized carbons (Fsp3) is 0.500. The van der Waals surface area contributed by atoms with Gasteiger partial charge in [0.2, 0.25) is 5.52 Å². The monoisotopic (exact) mass is 277 g/mol. The van der Waals surface area contributed by atoms with E-state index in [1.807, 2.05) is 0 Å². The molecule has 1 unspecified atom stereocenters. The van der Waals surface area contributed by atoms with Crippen LogP contribution in [0.15, 0.2) is 16.8 Å². The van der Waals surface area contributed by atoms with Crippen LogP contribution in [0.25, 0.3) is 11.0 Å². The molecule has 8 nitrogen and oxygen atoms in total. The van der Waals surface area contributed by atoms with Gasteiger partial charge in [0.25, 0.3) is 0 Å². The second-order valence-corrected chi connectivity index (χ2v) is 4.87. The third-order valence-corrected chi connectivity index (χ3v) is 3.53. The van der Waals surface area contributed by atoms with Gasteiger partial charge in [0, 0.05) is 12.1 Å². The average Bonchev–Trinajstić information content (AvgIpc) is 2.78. The highest BCUT2D eigenvalue weighted by molar-refractivity contribution is 5.93. The van der Waals surface area contributed by atoms with Crippen LogP contribution in [-0.4, -0.2) is 34.4 Å². The molecule has 2 aromatic rings. The SMILES string of the molecule is O=[N+]([O-])c1ccc(NC2CCCNCC2)c2nonc12. The van der Waals surface area contributed by atoms with Crippen molar-refractivity contribution in [2.75, 3.05) is 18.4 Å². The molecule has 1 aliphatic heterocycles. The fourth-order valence-corrected chi connectivity index (χ4v) is 2.50. The third-order valence-electron chi connectivity index (χ3n) is 3.53. The van der Waals surface area contributed by atoms with Crippen molar-refractivity contribution in [2.24, 2.45) is 0 Å². The van der Waals surface area contributed by atoms with Crippen LogP contribution in [-0.2, 0) is 0 Å². The quantitative estimate of drug-likeness (QED) is 0.649. The number of hydrogen-bond donors (Lipinski definition) is 2. The minimum Gasteiger partial charge on any atom is -0.380 e. The molecule has 0 radical (unpaired) electrons. The number of fused-ring (bicyclic) bond motifs is 1. The predicted molar refractivity (Wildman–Crippen MR) is 72.6 cm³/mol. The van der Waals surface area contributed by atoms with Gasteiger partial charge in [-0.15, -0.1) is 0 Å². The summed E-state index contributed by atoms with van der Waals surface area (Å²) in [5.74, 6) is 0. The summed E-state index contributed by atoms with van der Waals surface area (Å²) in [5.41, 5.74) is 1.25. The Bertz CT molecular complexity index is 619. The maximum Gasteiger partial charge on any atom is 0.300 e. The van der Waals surface area contributed by atoms with Crippen LogP contribution in [0.4, 0.5) is 11.4 Å². The number of rotatable bonds is 3. The zero-order valence-corrected chi connectivity index (χ0v) is 10.8. The number of nitrogens with one attached hydrogen (secondary N) is 2. The molecule has 0 spiro atoms. The average molecular weight is 277 g/mol. The van der Waals surface area contributed by atoms with Crippen molar-refractivity contribution in [3.8, 4) is 0 Å². The lowest BCUT2D eigenvalue weighted by Gasteiger charge is -2.17. The molecule has 2 N–H and O–H groups in total. The van der Waals surface area contributed by atoms with Crippen molar-refractivity contribution in [1.82, 2.24) is 15.6 Å². The molecule has 1 aliphatic rings. The van der Waals surface area contributed by atoms with E-state index in [1.165, 1.54) is 6.07 Å². The number of non-ortho nitro benzene ring substituents is 1. The maximum absolute atomic E-state index is 10.9. The molecular formula is C12H15N5O3. The van der Waals surface area contributed by atoms with Crippen molar-refractivity contribution in [2.45, 2.75) is 25.3 Å². The van der Waals surface area contributed by atoms with Crippen molar-refractivity contribution in [3.05, 3.63) is 22.2 Å². The maximum atomic E-state index is 10.9. The van der Waals surface area contributed by atoms with E-state index in [0.29, 0.717) is 11.6 Å². The van der Waals surface area contributed by atoms with Gasteiger partial charge in [-0.3, -0.25) is 10.1 Å². The second kappa shape index (κ2) is 5.41. The van der Waals surface area contributed by atoms with Crippen molar-refractivity contribution in [1.29, 1.82) is 0 Å². The van der Waals surface area contributed by atoms with Crippen LogP contribution in [0.2, 0.25) is 0 Å². The minimum atomic E-state index is -0.480. The van der Waals surface area contributed by atoms with Crippen molar-refractivity contribution < 1.29 is 9.55 Å². The Morgan fingerprint density at radius 2 is 2.15 bits per heavy atom. The summed E-state index contributed by atoms with van der Waals surface area (Å²) in [5, 5.41) is 25.1. The molecule has 1 atom stereocenters. The number of nitrogens with zero attached hydrogens (tertiary/aromatic N) is 3. The smallest absolute Gasteiger partial charge is 0.300 e. The Morgan fingerprint density at radius 3 is 3.00 bits per heavy atom. The molecule has 20 heavy (non-hydrogen) atoms. The summed E-state index contributed by atoms with van der Waals surface area (Å²) < 4.78 is 4.65. The van der Waals surface area contributed by atoms with Crippen LogP contribution in [0.3, 0.4) is 0 Å². The highest BCUT2D eigenvalue weighted by atomic mass is 16.6. The van der Waals surface area contributed by atoms with E-state index in [2.05, 4.69) is 25.6 Å². The largest absolute Gasteiger partial charge is 0.380 e. The first-order valence-electron chi connectivity index (χ1n) is 6.62. The number of anilines is 1. The number of nitro groups is 1. The summed E-state index contributed by atoms with van der Waals surface area (Å²) in [4.78, 5) is 10.4. The van der Waals surface area contributed by atoms with E-state index in [-0.39, 0.29) is 11.2 Å². The summed E-state index contributed by atoms with van der Waals surface area (Å²) in [6.07, 6.45) is 3.16. The molecule has 106 valence electrons. The second-order valence-electron chi connectivity index (χ2n) is 4.87. The molecule has 1 saturated heterocycles. The molecule has 0 aliphatic carbocycles. The van der Waals surface area contributed by atoms with Crippen LogP contribution in [0, 0.1) is 10.1 Å². The lowest BCUT2D eigenvalue weighted by molar-refractivity contribution is -0.383. The van der Waals surface area contributed by atoms with Crippen molar-refractivity contribution in [3.63, 3.8) is 0 Å². The molecule has 1 fully saturated rings. The van der Waals surface area contributed by atoms with Crippen LogP contribution >= 0.6 is 0 Å². The Hall–Kier alpha value is -2.22. The highest BCUT2D eigenvalue weighted by Gasteiger charge is 2.21. The van der Waals surface area contributed by atoms with Gasteiger partial charge in [-0.05, 0) is 48.7 Å². The lowest BCUT2D eigenvalue weighted by atomic mass is 10.1. The molecule has 0 bridgehead atoms. The first kappa shape index (κ1) is 12.8. The zero-order chi connectivity index (χ0) is 13.9. The zero-order valence-electron chi connectivity index (χ0n) is 10.8. The van der Waals surface area contributed by atoms with Gasteiger partial charge in [0.1, 0.15) is 0 Å². The standard InChI is InChI=1S/C12H15N5O3/c18-17(19)10-4-3-9(11-12(10)16-20-15-11)14-8-2-1-6-13-7-5-8/h3-4,8,13-14H,1-2,5-7H2. The van der Waals surface area contributed by atoms with E-state index in [4.69, 9.17) is 0 Å². The van der Waals surface area contributed by atoms with Gasteiger partial charge in [0.05, 0.1) is 10.6 Å². The topological polar surface area (TPSA) is 106 Å². The van der Waals surface area contributed by atoms with Gasteiger partial charge in [-0.25, -0.2) is 4.63 Å². The molecule has 0 saturated carbocycles. The van der Waals surface area contributed by atoms with Crippen LogP contribution < -0.4 is 10.6 Å². The van der Waals surface area contributed by atoms with Gasteiger partial charge < -0.3 is 10.6 Å². The van der Waals surface area contributed by atoms with Gasteiger partial charge >= 0.3 is 5.69 Å². The van der Waals surface area contributed by atoms with Crippen LogP contribution in [0.5, 0.6) is 0 Å².